The van der Waals surface area contributed by atoms with Crippen molar-refractivity contribution in [3.63, 3.8) is 0 Å². The predicted octanol–water partition coefficient (Wildman–Crippen LogP) is 3.92. The molecule has 0 bridgehead atoms. The van der Waals surface area contributed by atoms with Crippen molar-refractivity contribution in [3.05, 3.63) is 69.2 Å². The van der Waals surface area contributed by atoms with Gasteiger partial charge in [-0.05, 0) is 42.7 Å². The summed E-state index contributed by atoms with van der Waals surface area (Å²) in [6.07, 6.45) is 1.79. The third-order valence-corrected chi connectivity index (χ3v) is 4.26. The van der Waals surface area contributed by atoms with Crippen LogP contribution in [-0.2, 0) is 0 Å². The van der Waals surface area contributed by atoms with Crippen LogP contribution in [0.15, 0.2) is 53.7 Å². The second kappa shape index (κ2) is 7.04. The summed E-state index contributed by atoms with van der Waals surface area (Å²) in [4.78, 5) is 27.2. The minimum atomic E-state index is -0.518. The van der Waals surface area contributed by atoms with Crippen molar-refractivity contribution >= 4 is 35.0 Å². The summed E-state index contributed by atoms with van der Waals surface area (Å²) in [6.45, 7) is 0. The standard InChI is InChI=1S/C16H11ClN4O3S/c1-25-16-18-14(10-2-6-12(17)7-3-10)19-20(16)15(22)11-4-8-13(9-5-11)21(23)24/h2-9H,1H3. The number of nitro groups is 1. The Hall–Kier alpha value is -2.71. The van der Waals surface area contributed by atoms with E-state index in [2.05, 4.69) is 10.1 Å². The Kier molecular flexibility index (Phi) is 4.82. The first-order valence-corrected chi connectivity index (χ1v) is 8.66. The van der Waals surface area contributed by atoms with Crippen LogP contribution in [0, 0.1) is 10.1 Å². The van der Waals surface area contributed by atoms with Crippen LogP contribution in [-0.4, -0.2) is 31.9 Å². The van der Waals surface area contributed by atoms with Gasteiger partial charge in [-0.3, -0.25) is 14.9 Å². The average molecular weight is 375 g/mol. The lowest BCUT2D eigenvalue weighted by molar-refractivity contribution is -0.384. The topological polar surface area (TPSA) is 90.9 Å². The first-order chi connectivity index (χ1) is 12.0. The number of carbonyl (C=O) groups is 1. The summed E-state index contributed by atoms with van der Waals surface area (Å²) < 4.78 is 1.19. The molecule has 3 rings (SSSR count). The first-order valence-electron chi connectivity index (χ1n) is 7.06. The van der Waals surface area contributed by atoms with Crippen LogP contribution in [0.5, 0.6) is 0 Å². The summed E-state index contributed by atoms with van der Waals surface area (Å²) in [5, 5.41) is 16.0. The Balaban J connectivity index is 1.97. The van der Waals surface area contributed by atoms with Gasteiger partial charge < -0.3 is 0 Å². The fourth-order valence-electron chi connectivity index (χ4n) is 2.13. The molecule has 0 spiro atoms. The smallest absolute Gasteiger partial charge is 0.267 e. The molecule has 3 aromatic rings. The third kappa shape index (κ3) is 3.54. The first kappa shape index (κ1) is 17.1. The molecule has 0 aliphatic heterocycles. The summed E-state index contributed by atoms with van der Waals surface area (Å²) in [5.74, 6) is -0.0109. The predicted molar refractivity (Wildman–Crippen MR) is 95.1 cm³/mol. The van der Waals surface area contributed by atoms with Gasteiger partial charge in [-0.1, -0.05) is 23.4 Å². The number of nitro benzene ring substituents is 1. The second-order valence-corrected chi connectivity index (χ2v) is 6.16. The van der Waals surface area contributed by atoms with Gasteiger partial charge >= 0.3 is 0 Å². The van der Waals surface area contributed by atoms with Gasteiger partial charge in [0.25, 0.3) is 11.6 Å². The molecule has 9 heteroatoms. The second-order valence-electron chi connectivity index (χ2n) is 4.95. The summed E-state index contributed by atoms with van der Waals surface area (Å²) in [7, 11) is 0. The van der Waals surface area contributed by atoms with E-state index < -0.39 is 10.8 Å². The molecule has 0 atom stereocenters. The van der Waals surface area contributed by atoms with E-state index in [1.165, 1.54) is 40.7 Å². The largest absolute Gasteiger partial charge is 0.280 e. The Labute approximate surface area is 151 Å². The monoisotopic (exact) mass is 374 g/mol. The van der Waals surface area contributed by atoms with Crippen molar-refractivity contribution in [2.45, 2.75) is 5.16 Å². The normalized spacial score (nSPS) is 10.6. The fourth-order valence-corrected chi connectivity index (χ4v) is 2.73. The summed E-state index contributed by atoms with van der Waals surface area (Å²) >= 11 is 7.16. The molecule has 0 unspecified atom stereocenters. The lowest BCUT2D eigenvalue weighted by Gasteiger charge is -2.02. The van der Waals surface area contributed by atoms with Gasteiger partial charge in [0.2, 0.25) is 0 Å². The maximum atomic E-state index is 12.7. The summed E-state index contributed by atoms with van der Waals surface area (Å²) in [6, 6.07) is 12.3. The molecule has 0 fully saturated rings. The average Bonchev–Trinajstić information content (AvgIpc) is 3.06. The van der Waals surface area contributed by atoms with Crippen molar-refractivity contribution in [1.29, 1.82) is 0 Å². The maximum Gasteiger partial charge on any atom is 0.280 e. The van der Waals surface area contributed by atoms with E-state index in [9.17, 15) is 14.9 Å². The molecule has 2 aromatic carbocycles. The lowest BCUT2D eigenvalue weighted by atomic mass is 10.2. The molecule has 0 amide bonds. The van der Waals surface area contributed by atoms with Crippen LogP contribution < -0.4 is 0 Å². The van der Waals surface area contributed by atoms with Gasteiger partial charge in [-0.15, -0.1) is 5.10 Å². The highest BCUT2D eigenvalue weighted by Gasteiger charge is 2.19. The molecule has 1 heterocycles. The van der Waals surface area contributed by atoms with E-state index in [0.717, 1.165) is 5.56 Å². The van der Waals surface area contributed by atoms with Crippen molar-refractivity contribution in [2.75, 3.05) is 6.26 Å². The molecule has 0 aliphatic rings. The highest BCUT2D eigenvalue weighted by molar-refractivity contribution is 7.98. The fraction of sp³-hybridized carbons (Fsp3) is 0.0625. The van der Waals surface area contributed by atoms with Crippen LogP contribution >= 0.6 is 23.4 Å². The van der Waals surface area contributed by atoms with Crippen LogP contribution in [0.4, 0.5) is 5.69 Å². The molecular weight excluding hydrogens is 364 g/mol. The van der Waals surface area contributed by atoms with Gasteiger partial charge in [0.15, 0.2) is 11.0 Å². The molecule has 0 aliphatic carbocycles. The summed E-state index contributed by atoms with van der Waals surface area (Å²) in [5.41, 5.74) is 0.936. The number of aromatic nitrogens is 3. The molecule has 126 valence electrons. The quantitative estimate of drug-likeness (QED) is 0.390. The maximum absolute atomic E-state index is 12.7. The number of hydrogen-bond donors (Lipinski definition) is 0. The molecule has 0 saturated carbocycles. The molecule has 0 saturated heterocycles. The molecule has 25 heavy (non-hydrogen) atoms. The molecular formula is C16H11ClN4O3S. The van der Waals surface area contributed by atoms with E-state index in [1.54, 1.807) is 30.5 Å². The van der Waals surface area contributed by atoms with Crippen molar-refractivity contribution < 1.29 is 9.72 Å². The van der Waals surface area contributed by atoms with Gasteiger partial charge in [0, 0.05) is 28.3 Å². The number of nitrogens with zero attached hydrogens (tertiary/aromatic N) is 4. The van der Waals surface area contributed by atoms with Crippen LogP contribution in [0.2, 0.25) is 5.02 Å². The highest BCUT2D eigenvalue weighted by atomic mass is 35.5. The number of hydrogen-bond acceptors (Lipinski definition) is 6. The van der Waals surface area contributed by atoms with Crippen molar-refractivity contribution in [2.24, 2.45) is 0 Å². The number of carbonyl (C=O) groups excluding carboxylic acids is 1. The molecule has 0 N–H and O–H groups in total. The van der Waals surface area contributed by atoms with Crippen molar-refractivity contribution in [3.8, 4) is 11.4 Å². The number of halogens is 1. The lowest BCUT2D eigenvalue weighted by Crippen LogP contribution is -2.14. The highest BCUT2D eigenvalue weighted by Crippen LogP contribution is 2.23. The molecule has 7 nitrogen and oxygen atoms in total. The van der Waals surface area contributed by atoms with E-state index >= 15 is 0 Å². The van der Waals surface area contributed by atoms with Gasteiger partial charge in [-0.25, -0.2) is 4.98 Å². The van der Waals surface area contributed by atoms with E-state index in [-0.39, 0.29) is 11.3 Å². The Morgan fingerprint density at radius 1 is 1.16 bits per heavy atom. The minimum absolute atomic E-state index is 0.0814. The zero-order valence-corrected chi connectivity index (χ0v) is 14.5. The van der Waals surface area contributed by atoms with E-state index in [4.69, 9.17) is 11.6 Å². The third-order valence-electron chi connectivity index (χ3n) is 3.38. The minimum Gasteiger partial charge on any atom is -0.267 e. The van der Waals surface area contributed by atoms with Crippen LogP contribution in [0.3, 0.4) is 0 Å². The number of rotatable bonds is 4. The molecule has 0 radical (unpaired) electrons. The van der Waals surface area contributed by atoms with Crippen LogP contribution in [0.25, 0.3) is 11.4 Å². The SMILES string of the molecule is CSc1nc(-c2ccc(Cl)cc2)nn1C(=O)c1ccc([N+](=O)[O-])cc1. The number of benzene rings is 2. The Bertz CT molecular complexity index is 939. The zero-order valence-electron chi connectivity index (χ0n) is 12.9. The van der Waals surface area contributed by atoms with Crippen molar-refractivity contribution in [1.82, 2.24) is 14.8 Å². The van der Waals surface area contributed by atoms with Gasteiger partial charge in [-0.2, -0.15) is 4.68 Å². The van der Waals surface area contributed by atoms with E-state index in [1.807, 2.05) is 0 Å². The molecule has 1 aromatic heterocycles. The Morgan fingerprint density at radius 3 is 2.36 bits per heavy atom. The van der Waals surface area contributed by atoms with Crippen LogP contribution in [0.1, 0.15) is 10.4 Å². The number of non-ortho nitro benzene ring substituents is 1. The Morgan fingerprint density at radius 2 is 1.80 bits per heavy atom. The van der Waals surface area contributed by atoms with E-state index in [0.29, 0.717) is 16.0 Å². The van der Waals surface area contributed by atoms with Gasteiger partial charge in [0.1, 0.15) is 0 Å². The zero-order chi connectivity index (χ0) is 18.0. The van der Waals surface area contributed by atoms with Gasteiger partial charge in [0.05, 0.1) is 4.92 Å². The number of thioether (sulfide) groups is 1.